The van der Waals surface area contributed by atoms with Gasteiger partial charge in [-0.05, 0) is 31.7 Å². The van der Waals surface area contributed by atoms with Crippen molar-refractivity contribution in [3.8, 4) is 0 Å². The zero-order valence-electron chi connectivity index (χ0n) is 7.91. The van der Waals surface area contributed by atoms with Gasteiger partial charge in [0.05, 0.1) is 0 Å². The summed E-state index contributed by atoms with van der Waals surface area (Å²) in [6.07, 6.45) is 1.16. The lowest BCUT2D eigenvalue weighted by atomic mass is 9.99. The van der Waals surface area contributed by atoms with E-state index in [4.69, 9.17) is 0 Å². The Balaban J connectivity index is 2.40. The summed E-state index contributed by atoms with van der Waals surface area (Å²) >= 11 is 1.64. The molecule has 0 amide bonds. The molecule has 0 aliphatic heterocycles. The number of carbonyl (C=O) groups is 1. The molecular formula is C10H14O2S. The minimum Gasteiger partial charge on any atom is -0.383 e. The Hall–Kier alpha value is -0.670. The average molecular weight is 198 g/mol. The maximum atomic E-state index is 11.3. The highest BCUT2D eigenvalue weighted by molar-refractivity contribution is 7.09. The lowest BCUT2D eigenvalue weighted by Gasteiger charge is -2.14. The molecule has 2 nitrogen and oxygen atoms in total. The monoisotopic (exact) mass is 198 g/mol. The fraction of sp³-hybridized carbons (Fsp3) is 0.500. The third-order valence-electron chi connectivity index (χ3n) is 1.86. The minimum atomic E-state index is -1.18. The van der Waals surface area contributed by atoms with E-state index in [0.717, 1.165) is 6.42 Å². The van der Waals surface area contributed by atoms with Crippen LogP contribution >= 0.6 is 11.3 Å². The summed E-state index contributed by atoms with van der Waals surface area (Å²) in [5, 5.41) is 11.4. The molecule has 0 atom stereocenters. The number of thiophene rings is 1. The second-order valence-corrected chi connectivity index (χ2v) is 4.59. The van der Waals surface area contributed by atoms with E-state index in [1.54, 1.807) is 11.3 Å². The van der Waals surface area contributed by atoms with Crippen LogP contribution in [0.25, 0.3) is 0 Å². The first-order valence-electron chi connectivity index (χ1n) is 4.28. The van der Waals surface area contributed by atoms with Crippen LogP contribution in [-0.2, 0) is 11.2 Å². The molecule has 0 spiro atoms. The van der Waals surface area contributed by atoms with E-state index >= 15 is 0 Å². The van der Waals surface area contributed by atoms with Crippen molar-refractivity contribution in [3.05, 3.63) is 22.4 Å². The van der Waals surface area contributed by atoms with Crippen LogP contribution in [0.15, 0.2) is 17.5 Å². The van der Waals surface area contributed by atoms with E-state index in [1.807, 2.05) is 17.5 Å². The Morgan fingerprint density at radius 3 is 2.77 bits per heavy atom. The van der Waals surface area contributed by atoms with Gasteiger partial charge < -0.3 is 5.11 Å². The SMILES string of the molecule is CC(C)(O)C(=O)CCc1cccs1. The van der Waals surface area contributed by atoms with Crippen molar-refractivity contribution in [1.29, 1.82) is 0 Å². The van der Waals surface area contributed by atoms with Crippen molar-refractivity contribution in [3.63, 3.8) is 0 Å². The number of aliphatic hydroxyl groups is 1. The van der Waals surface area contributed by atoms with Gasteiger partial charge in [-0.25, -0.2) is 0 Å². The summed E-state index contributed by atoms with van der Waals surface area (Å²) in [6.45, 7) is 3.06. The van der Waals surface area contributed by atoms with Crippen molar-refractivity contribution in [2.45, 2.75) is 32.3 Å². The van der Waals surface area contributed by atoms with Crippen LogP contribution in [0.5, 0.6) is 0 Å². The first kappa shape index (κ1) is 10.4. The number of rotatable bonds is 4. The molecule has 1 aromatic rings. The Labute approximate surface area is 82.2 Å². The zero-order valence-corrected chi connectivity index (χ0v) is 8.73. The van der Waals surface area contributed by atoms with E-state index in [-0.39, 0.29) is 5.78 Å². The standard InChI is InChI=1S/C10H14O2S/c1-10(2,12)9(11)6-5-8-4-3-7-13-8/h3-4,7,12H,5-6H2,1-2H3. The van der Waals surface area contributed by atoms with Gasteiger partial charge in [-0.1, -0.05) is 6.07 Å². The van der Waals surface area contributed by atoms with Gasteiger partial charge in [-0.3, -0.25) is 4.79 Å². The molecule has 1 heterocycles. The van der Waals surface area contributed by atoms with Crippen molar-refractivity contribution in [2.24, 2.45) is 0 Å². The molecule has 3 heteroatoms. The fourth-order valence-electron chi connectivity index (χ4n) is 0.997. The molecule has 1 rings (SSSR count). The van der Waals surface area contributed by atoms with Crippen LogP contribution in [0.4, 0.5) is 0 Å². The van der Waals surface area contributed by atoms with Gasteiger partial charge in [0.1, 0.15) is 5.60 Å². The topological polar surface area (TPSA) is 37.3 Å². The Kier molecular flexibility index (Phi) is 3.22. The van der Waals surface area contributed by atoms with Crippen molar-refractivity contribution < 1.29 is 9.90 Å². The third-order valence-corrected chi connectivity index (χ3v) is 2.80. The number of aryl methyl sites for hydroxylation is 1. The molecular weight excluding hydrogens is 184 g/mol. The highest BCUT2D eigenvalue weighted by Gasteiger charge is 2.22. The van der Waals surface area contributed by atoms with E-state index in [0.29, 0.717) is 6.42 Å². The van der Waals surface area contributed by atoms with Crippen molar-refractivity contribution in [1.82, 2.24) is 0 Å². The molecule has 1 N–H and O–H groups in total. The molecule has 1 aromatic heterocycles. The normalized spacial score (nSPS) is 11.6. The maximum Gasteiger partial charge on any atom is 0.164 e. The second kappa shape index (κ2) is 4.03. The quantitative estimate of drug-likeness (QED) is 0.803. The van der Waals surface area contributed by atoms with Gasteiger partial charge in [-0.2, -0.15) is 0 Å². The zero-order chi connectivity index (χ0) is 9.90. The summed E-state index contributed by atoms with van der Waals surface area (Å²) in [7, 11) is 0. The molecule has 0 saturated carbocycles. The van der Waals surface area contributed by atoms with Gasteiger partial charge in [0.15, 0.2) is 5.78 Å². The minimum absolute atomic E-state index is 0.0964. The summed E-state index contributed by atoms with van der Waals surface area (Å²) in [6, 6.07) is 3.97. The molecule has 0 saturated heterocycles. The molecule has 0 fully saturated rings. The van der Waals surface area contributed by atoms with Crippen LogP contribution in [0.1, 0.15) is 25.1 Å². The largest absolute Gasteiger partial charge is 0.383 e. The highest BCUT2D eigenvalue weighted by Crippen LogP contribution is 2.14. The lowest BCUT2D eigenvalue weighted by Crippen LogP contribution is -2.31. The summed E-state index contributed by atoms with van der Waals surface area (Å²) in [4.78, 5) is 12.5. The number of hydrogen-bond acceptors (Lipinski definition) is 3. The summed E-state index contributed by atoms with van der Waals surface area (Å²) in [5.74, 6) is -0.0964. The van der Waals surface area contributed by atoms with Crippen LogP contribution in [0, 0.1) is 0 Å². The smallest absolute Gasteiger partial charge is 0.164 e. The molecule has 72 valence electrons. The first-order valence-corrected chi connectivity index (χ1v) is 5.16. The van der Waals surface area contributed by atoms with E-state index < -0.39 is 5.60 Å². The number of ketones is 1. The van der Waals surface area contributed by atoms with Crippen LogP contribution in [0.2, 0.25) is 0 Å². The molecule has 0 bridgehead atoms. The van der Waals surface area contributed by atoms with E-state index in [1.165, 1.54) is 18.7 Å². The van der Waals surface area contributed by atoms with Gasteiger partial charge >= 0.3 is 0 Å². The molecule has 0 aliphatic rings. The second-order valence-electron chi connectivity index (χ2n) is 3.56. The third kappa shape index (κ3) is 3.28. The predicted molar refractivity (Wildman–Crippen MR) is 53.9 cm³/mol. The average Bonchev–Trinajstić information content (AvgIpc) is 2.50. The highest BCUT2D eigenvalue weighted by atomic mass is 32.1. The molecule has 0 aliphatic carbocycles. The summed E-state index contributed by atoms with van der Waals surface area (Å²) < 4.78 is 0. The Bertz CT molecular complexity index is 270. The first-order chi connectivity index (χ1) is 6.00. The number of Topliss-reactive ketones (excluding diaryl/α,β-unsaturated/α-hetero) is 1. The van der Waals surface area contributed by atoms with E-state index in [9.17, 15) is 9.90 Å². The van der Waals surface area contributed by atoms with Crippen LogP contribution in [-0.4, -0.2) is 16.5 Å². The van der Waals surface area contributed by atoms with Crippen LogP contribution in [0.3, 0.4) is 0 Å². The summed E-state index contributed by atoms with van der Waals surface area (Å²) in [5.41, 5.74) is -1.18. The number of hydrogen-bond donors (Lipinski definition) is 1. The van der Waals surface area contributed by atoms with Crippen molar-refractivity contribution >= 4 is 17.1 Å². The maximum absolute atomic E-state index is 11.3. The predicted octanol–water partition coefficient (Wildman–Crippen LogP) is 2.02. The van der Waals surface area contributed by atoms with Crippen molar-refractivity contribution in [2.75, 3.05) is 0 Å². The van der Waals surface area contributed by atoms with Crippen LogP contribution < -0.4 is 0 Å². The van der Waals surface area contributed by atoms with Gasteiger partial charge in [0, 0.05) is 11.3 Å². The van der Waals surface area contributed by atoms with E-state index in [2.05, 4.69) is 0 Å². The number of carbonyl (C=O) groups excluding carboxylic acids is 1. The van der Waals surface area contributed by atoms with Gasteiger partial charge in [0.25, 0.3) is 0 Å². The van der Waals surface area contributed by atoms with Gasteiger partial charge in [-0.15, -0.1) is 11.3 Å². The van der Waals surface area contributed by atoms with Gasteiger partial charge in [0.2, 0.25) is 0 Å². The molecule has 0 unspecified atom stereocenters. The molecule has 0 aromatic carbocycles. The Morgan fingerprint density at radius 2 is 2.31 bits per heavy atom. The Morgan fingerprint density at radius 1 is 1.62 bits per heavy atom. The molecule has 13 heavy (non-hydrogen) atoms. The molecule has 0 radical (unpaired) electrons. The lowest BCUT2D eigenvalue weighted by molar-refractivity contribution is -0.134. The fourth-order valence-corrected chi connectivity index (χ4v) is 1.71.